The van der Waals surface area contributed by atoms with E-state index in [0.29, 0.717) is 6.42 Å². The van der Waals surface area contributed by atoms with E-state index in [4.69, 9.17) is 0 Å². The summed E-state index contributed by atoms with van der Waals surface area (Å²) in [6.45, 7) is 8.11. The molecule has 2 heterocycles. The van der Waals surface area contributed by atoms with E-state index >= 15 is 0 Å². The molecule has 2 unspecified atom stereocenters. The lowest BCUT2D eigenvalue weighted by atomic mass is 10.0. The molecule has 1 N–H and O–H groups in total. The Morgan fingerprint density at radius 1 is 1.35 bits per heavy atom. The summed E-state index contributed by atoms with van der Waals surface area (Å²) in [5.74, 6) is 0. The number of aliphatic hydroxyl groups is 1. The van der Waals surface area contributed by atoms with E-state index in [2.05, 4.69) is 48.9 Å². The number of likely N-dealkylation sites (N-methyl/N-ethyl adjacent to an activating group) is 2. The van der Waals surface area contributed by atoms with Gasteiger partial charge < -0.3 is 10.0 Å². The third kappa shape index (κ3) is 3.40. The SMILES string of the molecule is CCc1cc(CC(O)C2CN(C)CCN2C)n(CC)n1. The fourth-order valence-corrected chi connectivity index (χ4v) is 2.94. The van der Waals surface area contributed by atoms with E-state index in [1.807, 2.05) is 4.68 Å². The minimum atomic E-state index is -0.338. The molecule has 1 aliphatic heterocycles. The Kier molecular flexibility index (Phi) is 5.18. The van der Waals surface area contributed by atoms with Gasteiger partial charge in [-0.15, -0.1) is 0 Å². The van der Waals surface area contributed by atoms with Gasteiger partial charge in [0, 0.05) is 44.3 Å². The Bertz CT molecular complexity index is 432. The number of hydrogen-bond acceptors (Lipinski definition) is 4. The summed E-state index contributed by atoms with van der Waals surface area (Å²) in [6, 6.07) is 2.35. The quantitative estimate of drug-likeness (QED) is 0.858. The molecule has 2 atom stereocenters. The first-order valence-electron chi connectivity index (χ1n) is 7.67. The summed E-state index contributed by atoms with van der Waals surface area (Å²) in [5.41, 5.74) is 2.27. The molecule has 1 aliphatic rings. The molecule has 2 rings (SSSR count). The Hall–Kier alpha value is -0.910. The maximum absolute atomic E-state index is 10.6. The van der Waals surface area contributed by atoms with Crippen molar-refractivity contribution in [1.82, 2.24) is 19.6 Å². The van der Waals surface area contributed by atoms with Gasteiger partial charge in [-0.05, 0) is 33.5 Å². The lowest BCUT2D eigenvalue weighted by molar-refractivity contribution is 0.0144. The van der Waals surface area contributed by atoms with Gasteiger partial charge >= 0.3 is 0 Å². The Balaban J connectivity index is 2.06. The molecule has 0 amide bonds. The van der Waals surface area contributed by atoms with Crippen LogP contribution in [0.25, 0.3) is 0 Å². The fraction of sp³-hybridized carbons (Fsp3) is 0.800. The number of hydrogen-bond donors (Lipinski definition) is 1. The van der Waals surface area contributed by atoms with Gasteiger partial charge in [-0.2, -0.15) is 5.10 Å². The Morgan fingerprint density at radius 3 is 2.75 bits per heavy atom. The zero-order chi connectivity index (χ0) is 14.7. The topological polar surface area (TPSA) is 44.5 Å². The monoisotopic (exact) mass is 280 g/mol. The molecule has 0 aromatic carbocycles. The number of piperazine rings is 1. The van der Waals surface area contributed by atoms with Crippen molar-refractivity contribution >= 4 is 0 Å². The lowest BCUT2D eigenvalue weighted by Gasteiger charge is -2.40. The standard InChI is InChI=1S/C15H28N4O/c1-5-12-9-13(19(6-2)16-12)10-15(20)14-11-17(3)7-8-18(14)4/h9,14-15,20H,5-8,10-11H2,1-4H3. The molecule has 1 aromatic rings. The molecule has 5 heteroatoms. The van der Waals surface area contributed by atoms with E-state index in [1.54, 1.807) is 0 Å². The van der Waals surface area contributed by atoms with Crippen LogP contribution >= 0.6 is 0 Å². The highest BCUT2D eigenvalue weighted by molar-refractivity contribution is 5.12. The van der Waals surface area contributed by atoms with Gasteiger partial charge in [0.25, 0.3) is 0 Å². The van der Waals surface area contributed by atoms with Crippen molar-refractivity contribution in [3.63, 3.8) is 0 Å². The average molecular weight is 280 g/mol. The molecule has 0 bridgehead atoms. The summed E-state index contributed by atoms with van der Waals surface area (Å²) in [5, 5.41) is 15.2. The summed E-state index contributed by atoms with van der Waals surface area (Å²) in [6.07, 6.45) is 1.29. The van der Waals surface area contributed by atoms with Crippen molar-refractivity contribution in [2.45, 2.75) is 45.4 Å². The van der Waals surface area contributed by atoms with Gasteiger partial charge in [-0.25, -0.2) is 0 Å². The van der Waals surface area contributed by atoms with Gasteiger partial charge in [0.15, 0.2) is 0 Å². The molecule has 5 nitrogen and oxygen atoms in total. The minimum absolute atomic E-state index is 0.207. The molecule has 0 radical (unpaired) electrons. The largest absolute Gasteiger partial charge is 0.391 e. The van der Waals surface area contributed by atoms with Crippen LogP contribution in [0.3, 0.4) is 0 Å². The zero-order valence-corrected chi connectivity index (χ0v) is 13.2. The first-order chi connectivity index (χ1) is 9.55. The highest BCUT2D eigenvalue weighted by Crippen LogP contribution is 2.15. The number of rotatable bonds is 5. The van der Waals surface area contributed by atoms with Gasteiger partial charge in [-0.1, -0.05) is 6.92 Å². The molecule has 0 spiro atoms. The normalized spacial score (nSPS) is 23.1. The number of nitrogens with zero attached hydrogens (tertiary/aromatic N) is 4. The van der Waals surface area contributed by atoms with Crippen molar-refractivity contribution < 1.29 is 5.11 Å². The molecule has 1 aromatic heterocycles. The van der Waals surface area contributed by atoms with E-state index in [1.165, 1.54) is 0 Å². The van der Waals surface area contributed by atoms with Crippen LogP contribution < -0.4 is 0 Å². The van der Waals surface area contributed by atoms with Crippen LogP contribution in [0.15, 0.2) is 6.07 Å². The maximum Gasteiger partial charge on any atom is 0.0762 e. The third-order valence-electron chi connectivity index (χ3n) is 4.34. The average Bonchev–Trinajstić information content (AvgIpc) is 2.83. The molecule has 1 saturated heterocycles. The second kappa shape index (κ2) is 6.70. The van der Waals surface area contributed by atoms with Gasteiger partial charge in [0.1, 0.15) is 0 Å². The van der Waals surface area contributed by atoms with Crippen molar-refractivity contribution in [1.29, 1.82) is 0 Å². The fourth-order valence-electron chi connectivity index (χ4n) is 2.94. The van der Waals surface area contributed by atoms with Crippen LogP contribution in [0, 0.1) is 0 Å². The molecule has 114 valence electrons. The summed E-state index contributed by atoms with van der Waals surface area (Å²) >= 11 is 0. The summed E-state index contributed by atoms with van der Waals surface area (Å²) in [4.78, 5) is 4.57. The first kappa shape index (κ1) is 15.5. The maximum atomic E-state index is 10.6. The van der Waals surface area contributed by atoms with Crippen molar-refractivity contribution in [2.24, 2.45) is 0 Å². The van der Waals surface area contributed by atoms with Crippen LogP contribution in [-0.4, -0.2) is 70.6 Å². The van der Waals surface area contributed by atoms with Crippen molar-refractivity contribution in [3.05, 3.63) is 17.5 Å². The summed E-state index contributed by atoms with van der Waals surface area (Å²) in [7, 11) is 4.23. The van der Waals surface area contributed by atoms with Crippen LogP contribution in [0.5, 0.6) is 0 Å². The smallest absolute Gasteiger partial charge is 0.0762 e. The lowest BCUT2D eigenvalue weighted by Crippen LogP contribution is -2.55. The first-order valence-corrected chi connectivity index (χ1v) is 7.67. The van der Waals surface area contributed by atoms with Crippen molar-refractivity contribution in [3.8, 4) is 0 Å². The molecule has 1 fully saturated rings. The predicted octanol–water partition coefficient (Wildman–Crippen LogP) is 0.615. The minimum Gasteiger partial charge on any atom is -0.391 e. The number of aryl methyl sites for hydroxylation is 2. The Morgan fingerprint density at radius 2 is 2.10 bits per heavy atom. The third-order valence-corrected chi connectivity index (χ3v) is 4.34. The van der Waals surface area contributed by atoms with Crippen LogP contribution in [0.4, 0.5) is 0 Å². The van der Waals surface area contributed by atoms with Crippen LogP contribution in [-0.2, 0) is 19.4 Å². The summed E-state index contributed by atoms with van der Waals surface area (Å²) < 4.78 is 2.02. The second-order valence-corrected chi connectivity index (χ2v) is 5.88. The number of aromatic nitrogens is 2. The molecule has 20 heavy (non-hydrogen) atoms. The van der Waals surface area contributed by atoms with Crippen LogP contribution in [0.2, 0.25) is 0 Å². The zero-order valence-electron chi connectivity index (χ0n) is 13.2. The highest BCUT2D eigenvalue weighted by atomic mass is 16.3. The number of aliphatic hydroxyl groups excluding tert-OH is 1. The second-order valence-electron chi connectivity index (χ2n) is 5.88. The van der Waals surface area contributed by atoms with E-state index in [0.717, 1.165) is 44.0 Å². The van der Waals surface area contributed by atoms with Gasteiger partial charge in [0.2, 0.25) is 0 Å². The van der Waals surface area contributed by atoms with E-state index in [9.17, 15) is 5.11 Å². The van der Waals surface area contributed by atoms with E-state index < -0.39 is 0 Å². The van der Waals surface area contributed by atoms with Crippen LogP contribution in [0.1, 0.15) is 25.2 Å². The molecular weight excluding hydrogens is 252 g/mol. The van der Waals surface area contributed by atoms with E-state index in [-0.39, 0.29) is 12.1 Å². The highest BCUT2D eigenvalue weighted by Gasteiger charge is 2.29. The molecular formula is C15H28N4O. The van der Waals surface area contributed by atoms with Crippen molar-refractivity contribution in [2.75, 3.05) is 33.7 Å². The predicted molar refractivity (Wildman–Crippen MR) is 80.9 cm³/mol. The molecule has 0 aliphatic carbocycles. The van der Waals surface area contributed by atoms with Gasteiger partial charge in [-0.3, -0.25) is 9.58 Å². The molecule has 0 saturated carbocycles. The Labute approximate surface area is 122 Å². The van der Waals surface area contributed by atoms with Gasteiger partial charge in [0.05, 0.1) is 11.8 Å².